The topological polar surface area (TPSA) is 114 Å². The average molecular weight is 1090 g/mol. The summed E-state index contributed by atoms with van der Waals surface area (Å²) in [6.07, 6.45) is 29.6. The van der Waals surface area contributed by atoms with Crippen LogP contribution in [0.4, 0.5) is 0 Å². The van der Waals surface area contributed by atoms with Gasteiger partial charge in [0.2, 0.25) is 0 Å². The molecule has 2 fully saturated rings. The van der Waals surface area contributed by atoms with E-state index in [2.05, 4.69) is 52.0 Å². The van der Waals surface area contributed by atoms with Gasteiger partial charge in [0.05, 0.1) is 35.0 Å². The predicted molar refractivity (Wildman–Crippen MR) is 322 cm³/mol. The van der Waals surface area contributed by atoms with E-state index in [4.69, 9.17) is 23.7 Å². The highest BCUT2D eigenvalue weighted by Gasteiger charge is 2.27. The number of hydrogen-bond acceptors (Lipinski definition) is 9. The lowest BCUT2D eigenvalue weighted by Crippen LogP contribution is -2.19. The van der Waals surface area contributed by atoms with Crippen LogP contribution in [0, 0.1) is 11.8 Å². The van der Waals surface area contributed by atoms with Gasteiger partial charge in [-0.25, -0.2) is 19.2 Å². The summed E-state index contributed by atoms with van der Waals surface area (Å²) >= 11 is 0. The molecule has 9 heteroatoms. The molecule has 0 saturated heterocycles. The molecule has 432 valence electrons. The quantitative estimate of drug-likeness (QED) is 0.0192. The first-order valence-corrected chi connectivity index (χ1v) is 31.0. The van der Waals surface area contributed by atoms with Crippen LogP contribution < -0.4 is 9.47 Å². The maximum absolute atomic E-state index is 13.3. The zero-order valence-corrected chi connectivity index (χ0v) is 49.1. The van der Waals surface area contributed by atoms with E-state index in [9.17, 15) is 19.2 Å². The summed E-state index contributed by atoms with van der Waals surface area (Å²) in [5.41, 5.74) is 5.01. The maximum atomic E-state index is 13.3. The van der Waals surface area contributed by atoms with Crippen molar-refractivity contribution in [2.45, 2.75) is 219 Å². The highest BCUT2D eigenvalue weighted by Crippen LogP contribution is 2.39. The summed E-state index contributed by atoms with van der Waals surface area (Å²) in [6.45, 7) is 11.5. The van der Waals surface area contributed by atoms with E-state index in [-0.39, 0.29) is 12.1 Å². The summed E-state index contributed by atoms with van der Waals surface area (Å²) < 4.78 is 28.3. The summed E-state index contributed by atoms with van der Waals surface area (Å²) in [5, 5.41) is 0. The number of unbranched alkanes of at least 4 members (excludes halogenated alkanes) is 10. The maximum Gasteiger partial charge on any atom is 0.343 e. The molecule has 2 aliphatic rings. The lowest BCUT2D eigenvalue weighted by atomic mass is 9.77. The van der Waals surface area contributed by atoms with E-state index in [0.29, 0.717) is 52.0 Å². The minimum Gasteiger partial charge on any atom is -0.494 e. The van der Waals surface area contributed by atoms with Gasteiger partial charge in [-0.05, 0) is 185 Å². The van der Waals surface area contributed by atoms with Crippen LogP contribution in [0.25, 0.3) is 0 Å². The third kappa shape index (κ3) is 21.7. The van der Waals surface area contributed by atoms with Crippen molar-refractivity contribution in [2.75, 3.05) is 6.61 Å². The number of esters is 4. The Bertz CT molecular complexity index is 2430. The molecule has 2 saturated carbocycles. The normalized spacial score (nSPS) is 17.7. The molecule has 0 N–H and O–H groups in total. The van der Waals surface area contributed by atoms with Crippen molar-refractivity contribution in [1.82, 2.24) is 0 Å². The number of ether oxygens (including phenoxy) is 5. The van der Waals surface area contributed by atoms with Crippen LogP contribution in [0.15, 0.2) is 127 Å². The second kappa shape index (κ2) is 35.5. The van der Waals surface area contributed by atoms with Crippen LogP contribution in [-0.2, 0) is 14.2 Å². The Labute approximate surface area is 480 Å². The van der Waals surface area contributed by atoms with Gasteiger partial charge in [-0.3, -0.25) is 0 Å². The Morgan fingerprint density at radius 2 is 0.812 bits per heavy atom. The van der Waals surface area contributed by atoms with Gasteiger partial charge in [0.25, 0.3) is 6.29 Å². The standard InChI is InChI=1S/C43H56O4.C28H38O5/c1-3-5-8-12-32-16-20-34(21-17-32)36-24-28-38(29-25-36)41(44)46-43(40-14-10-7-11-15-40)47-42(45)39-30-26-37(27-31-39)35-22-18-33(19-23-35)13-9-6-4-2;1-4-6-8-10-12-22(3)32-27(29)23-15-19-26(20-16-23)33-28(30)24-13-17-25(18-14-24)31-21-11-9-7-5-2/h7,10-11,14-15,24-35,43H,3-6,8-9,12-13,16-23H2,1-2H3;13-20,22H,4-12,21H2,1-3H3/t;22-/m.0/s1. The fourth-order valence-electron chi connectivity index (χ4n) is 11.2. The van der Waals surface area contributed by atoms with E-state index >= 15 is 0 Å². The molecular weight excluding hydrogens is 997 g/mol. The summed E-state index contributed by atoms with van der Waals surface area (Å²) in [4.78, 5) is 51.3. The van der Waals surface area contributed by atoms with Gasteiger partial charge in [0.1, 0.15) is 11.5 Å². The zero-order chi connectivity index (χ0) is 56.7. The van der Waals surface area contributed by atoms with Gasteiger partial charge in [-0.1, -0.05) is 172 Å². The Kier molecular flexibility index (Phi) is 27.9. The molecule has 7 rings (SSSR count). The van der Waals surface area contributed by atoms with Crippen molar-refractivity contribution in [2.24, 2.45) is 11.8 Å². The highest BCUT2D eigenvalue weighted by molar-refractivity contribution is 5.92. The Hall–Kier alpha value is -6.22. The molecule has 0 radical (unpaired) electrons. The van der Waals surface area contributed by atoms with E-state index in [1.807, 2.05) is 61.5 Å². The summed E-state index contributed by atoms with van der Waals surface area (Å²) in [7, 11) is 0. The molecule has 0 heterocycles. The van der Waals surface area contributed by atoms with E-state index in [1.165, 1.54) is 140 Å². The van der Waals surface area contributed by atoms with Gasteiger partial charge in [0.15, 0.2) is 0 Å². The largest absolute Gasteiger partial charge is 0.494 e. The Morgan fingerprint density at radius 1 is 0.412 bits per heavy atom. The molecule has 80 heavy (non-hydrogen) atoms. The number of carbonyl (C=O) groups excluding carboxylic acids is 4. The van der Waals surface area contributed by atoms with Crippen molar-refractivity contribution in [3.05, 3.63) is 166 Å². The Balaban J connectivity index is 0.000000276. The number of hydrogen-bond donors (Lipinski definition) is 0. The van der Waals surface area contributed by atoms with Gasteiger partial charge < -0.3 is 23.7 Å². The molecule has 2 aliphatic carbocycles. The fraction of sp³-hybridized carbons (Fsp3) is 0.521. The molecule has 0 unspecified atom stereocenters. The van der Waals surface area contributed by atoms with Gasteiger partial charge >= 0.3 is 23.9 Å². The predicted octanol–water partition coefficient (Wildman–Crippen LogP) is 19.5. The third-order valence-corrected chi connectivity index (χ3v) is 16.3. The minimum absolute atomic E-state index is 0.116. The smallest absolute Gasteiger partial charge is 0.343 e. The van der Waals surface area contributed by atoms with Crippen LogP contribution in [0.2, 0.25) is 0 Å². The lowest BCUT2D eigenvalue weighted by molar-refractivity contribution is -0.0823. The van der Waals surface area contributed by atoms with Crippen LogP contribution in [0.3, 0.4) is 0 Å². The second-order valence-corrected chi connectivity index (χ2v) is 22.6. The monoisotopic (exact) mass is 1090 g/mol. The SMILES string of the molecule is CCCCCC1CCC(c2ccc(C(=O)OC(OC(=O)c3ccc(C4CCC(CCCCC)CC4)cc3)c3ccccc3)cc2)CC1.CCCCCCOc1ccc(C(=O)Oc2ccc(C(=O)O[C@@H](C)CCCCCC)cc2)cc1. The van der Waals surface area contributed by atoms with Crippen LogP contribution >= 0.6 is 0 Å². The molecule has 9 nitrogen and oxygen atoms in total. The van der Waals surface area contributed by atoms with Crippen LogP contribution in [-0.4, -0.2) is 36.6 Å². The van der Waals surface area contributed by atoms with Crippen molar-refractivity contribution in [1.29, 1.82) is 0 Å². The zero-order valence-electron chi connectivity index (χ0n) is 49.1. The summed E-state index contributed by atoms with van der Waals surface area (Å²) in [5.74, 6) is 2.14. The lowest BCUT2D eigenvalue weighted by Gasteiger charge is -2.29. The number of rotatable bonds is 30. The van der Waals surface area contributed by atoms with E-state index in [0.717, 1.165) is 49.7 Å². The van der Waals surface area contributed by atoms with Crippen LogP contribution in [0.5, 0.6) is 11.5 Å². The average Bonchev–Trinajstić information content (AvgIpc) is 3.50. The first kappa shape index (κ1) is 63.0. The van der Waals surface area contributed by atoms with Gasteiger partial charge in [-0.2, -0.15) is 0 Å². The Morgan fingerprint density at radius 3 is 1.27 bits per heavy atom. The van der Waals surface area contributed by atoms with E-state index in [1.54, 1.807) is 48.5 Å². The minimum atomic E-state index is -1.14. The van der Waals surface area contributed by atoms with Crippen LogP contribution in [0.1, 0.15) is 271 Å². The van der Waals surface area contributed by atoms with Crippen molar-refractivity contribution < 1.29 is 42.9 Å². The molecule has 0 amide bonds. The second-order valence-electron chi connectivity index (χ2n) is 22.6. The van der Waals surface area contributed by atoms with Crippen molar-refractivity contribution in [3.63, 3.8) is 0 Å². The molecule has 5 aromatic rings. The fourth-order valence-corrected chi connectivity index (χ4v) is 11.2. The van der Waals surface area contributed by atoms with Crippen molar-refractivity contribution >= 4 is 23.9 Å². The number of benzene rings is 5. The van der Waals surface area contributed by atoms with E-state index < -0.39 is 24.2 Å². The first-order valence-electron chi connectivity index (χ1n) is 31.0. The molecule has 5 aromatic carbocycles. The molecule has 0 aliphatic heterocycles. The molecule has 0 aromatic heterocycles. The molecular formula is C71H94O9. The van der Waals surface area contributed by atoms with Gasteiger partial charge in [-0.15, -0.1) is 0 Å². The van der Waals surface area contributed by atoms with Crippen molar-refractivity contribution in [3.8, 4) is 11.5 Å². The first-order chi connectivity index (χ1) is 39.1. The third-order valence-electron chi connectivity index (χ3n) is 16.3. The molecule has 1 atom stereocenters. The van der Waals surface area contributed by atoms with Gasteiger partial charge in [0, 0.05) is 5.56 Å². The summed E-state index contributed by atoms with van der Waals surface area (Å²) in [6, 6.07) is 38.3. The molecule has 0 spiro atoms. The molecule has 0 bridgehead atoms. The highest BCUT2D eigenvalue weighted by atomic mass is 16.7. The number of carbonyl (C=O) groups is 4.